The first-order valence-electron chi connectivity index (χ1n) is 7.09. The van der Waals surface area contributed by atoms with Crippen LogP contribution in [-0.2, 0) is 13.1 Å². The number of hydrogen-bond donors (Lipinski definition) is 1. The van der Waals surface area contributed by atoms with Gasteiger partial charge in [-0.3, -0.25) is 0 Å². The maximum Gasteiger partial charge on any atom is 0.134 e. The smallest absolute Gasteiger partial charge is 0.134 e. The van der Waals surface area contributed by atoms with Crippen LogP contribution in [0, 0.1) is 6.92 Å². The molecule has 0 saturated carbocycles. The number of hydrogen-bond acceptors (Lipinski definition) is 3. The van der Waals surface area contributed by atoms with Gasteiger partial charge in [0.2, 0.25) is 0 Å². The molecule has 0 bridgehead atoms. The largest absolute Gasteiger partial charge is 0.496 e. The van der Waals surface area contributed by atoms with Crippen LogP contribution in [0.25, 0.3) is 11.0 Å². The van der Waals surface area contributed by atoms with Crippen molar-refractivity contribution in [2.24, 2.45) is 0 Å². The Bertz CT molecular complexity index is 746. The molecule has 3 aromatic rings. The van der Waals surface area contributed by atoms with Gasteiger partial charge >= 0.3 is 0 Å². The van der Waals surface area contributed by atoms with Gasteiger partial charge in [0.1, 0.15) is 17.1 Å². The van der Waals surface area contributed by atoms with Crippen molar-refractivity contribution in [1.82, 2.24) is 5.32 Å². The summed E-state index contributed by atoms with van der Waals surface area (Å²) in [5, 5.41) is 4.65. The number of furan rings is 1. The van der Waals surface area contributed by atoms with Crippen molar-refractivity contribution in [2.75, 3.05) is 7.11 Å². The molecule has 1 aromatic heterocycles. The van der Waals surface area contributed by atoms with Crippen LogP contribution in [0.3, 0.4) is 0 Å². The van der Waals surface area contributed by atoms with Crippen molar-refractivity contribution in [3.05, 3.63) is 65.4 Å². The van der Waals surface area contributed by atoms with E-state index in [1.807, 2.05) is 43.3 Å². The minimum atomic E-state index is 0.767. The molecule has 0 unspecified atom stereocenters. The first-order valence-corrected chi connectivity index (χ1v) is 7.09. The number of rotatable bonds is 5. The zero-order valence-corrected chi connectivity index (χ0v) is 12.3. The van der Waals surface area contributed by atoms with Crippen molar-refractivity contribution in [3.8, 4) is 5.75 Å². The maximum atomic E-state index is 5.78. The molecule has 0 spiro atoms. The summed E-state index contributed by atoms with van der Waals surface area (Å²) in [5.41, 5.74) is 3.33. The molecular formula is C18H19NO2. The molecule has 2 aromatic carbocycles. The van der Waals surface area contributed by atoms with Crippen LogP contribution in [0.4, 0.5) is 0 Å². The van der Waals surface area contributed by atoms with E-state index in [4.69, 9.17) is 9.15 Å². The molecule has 108 valence electrons. The number of aryl methyl sites for hydroxylation is 1. The van der Waals surface area contributed by atoms with E-state index in [0.29, 0.717) is 0 Å². The third-order valence-corrected chi connectivity index (χ3v) is 3.71. The fourth-order valence-corrected chi connectivity index (χ4v) is 2.61. The van der Waals surface area contributed by atoms with Crippen LogP contribution < -0.4 is 10.1 Å². The summed E-state index contributed by atoms with van der Waals surface area (Å²) in [4.78, 5) is 0. The Labute approximate surface area is 124 Å². The lowest BCUT2D eigenvalue weighted by Crippen LogP contribution is -2.13. The summed E-state index contributed by atoms with van der Waals surface area (Å²) >= 11 is 0. The lowest BCUT2D eigenvalue weighted by molar-refractivity contribution is 0.407. The fraction of sp³-hybridized carbons (Fsp3) is 0.222. The van der Waals surface area contributed by atoms with E-state index in [2.05, 4.69) is 17.4 Å². The minimum absolute atomic E-state index is 0.767. The van der Waals surface area contributed by atoms with Crippen molar-refractivity contribution in [1.29, 1.82) is 0 Å². The number of nitrogens with one attached hydrogen (secondary N) is 1. The Hall–Kier alpha value is -2.26. The van der Waals surface area contributed by atoms with E-state index in [0.717, 1.165) is 35.7 Å². The SMILES string of the molecule is COc1ccccc1CNCc1c(C)oc2ccccc12. The van der Waals surface area contributed by atoms with Gasteiger partial charge in [-0.1, -0.05) is 36.4 Å². The highest BCUT2D eigenvalue weighted by Crippen LogP contribution is 2.25. The van der Waals surface area contributed by atoms with E-state index in [1.54, 1.807) is 7.11 Å². The number of para-hydroxylation sites is 2. The summed E-state index contributed by atoms with van der Waals surface area (Å²) in [6.45, 7) is 3.56. The third-order valence-electron chi connectivity index (χ3n) is 3.71. The lowest BCUT2D eigenvalue weighted by atomic mass is 10.1. The Balaban J connectivity index is 1.74. The Morgan fingerprint density at radius 1 is 1.00 bits per heavy atom. The molecular weight excluding hydrogens is 262 g/mol. The predicted molar refractivity (Wildman–Crippen MR) is 84.5 cm³/mol. The molecule has 3 rings (SSSR count). The zero-order chi connectivity index (χ0) is 14.7. The van der Waals surface area contributed by atoms with Gasteiger partial charge in [-0.15, -0.1) is 0 Å². The van der Waals surface area contributed by atoms with Crippen LogP contribution in [-0.4, -0.2) is 7.11 Å². The Kier molecular flexibility index (Phi) is 3.93. The van der Waals surface area contributed by atoms with E-state index in [1.165, 1.54) is 10.9 Å². The number of fused-ring (bicyclic) bond motifs is 1. The number of ether oxygens (including phenoxy) is 1. The molecule has 0 aliphatic heterocycles. The first-order chi connectivity index (χ1) is 10.3. The monoisotopic (exact) mass is 281 g/mol. The van der Waals surface area contributed by atoms with Gasteiger partial charge in [0, 0.05) is 29.6 Å². The third kappa shape index (κ3) is 2.78. The average Bonchev–Trinajstić information content (AvgIpc) is 2.84. The molecule has 0 aliphatic carbocycles. The minimum Gasteiger partial charge on any atom is -0.496 e. The highest BCUT2D eigenvalue weighted by Gasteiger charge is 2.10. The van der Waals surface area contributed by atoms with Gasteiger partial charge < -0.3 is 14.5 Å². The fourth-order valence-electron chi connectivity index (χ4n) is 2.61. The van der Waals surface area contributed by atoms with Crippen LogP contribution in [0.1, 0.15) is 16.9 Å². The molecule has 0 radical (unpaired) electrons. The van der Waals surface area contributed by atoms with Crippen molar-refractivity contribution < 1.29 is 9.15 Å². The van der Waals surface area contributed by atoms with Gasteiger partial charge in [0.25, 0.3) is 0 Å². The van der Waals surface area contributed by atoms with Crippen LogP contribution in [0.15, 0.2) is 52.9 Å². The molecule has 0 aliphatic rings. The quantitative estimate of drug-likeness (QED) is 0.766. The van der Waals surface area contributed by atoms with Crippen LogP contribution in [0.5, 0.6) is 5.75 Å². The second kappa shape index (κ2) is 6.02. The predicted octanol–water partition coefficient (Wildman–Crippen LogP) is 4.04. The molecule has 0 amide bonds. The molecule has 0 fully saturated rings. The van der Waals surface area contributed by atoms with Gasteiger partial charge in [-0.05, 0) is 19.1 Å². The topological polar surface area (TPSA) is 34.4 Å². The van der Waals surface area contributed by atoms with Crippen LogP contribution in [0.2, 0.25) is 0 Å². The van der Waals surface area contributed by atoms with Gasteiger partial charge in [-0.2, -0.15) is 0 Å². The molecule has 3 heteroatoms. The second-order valence-electron chi connectivity index (χ2n) is 5.05. The maximum absolute atomic E-state index is 5.78. The van der Waals surface area contributed by atoms with Crippen LogP contribution >= 0.6 is 0 Å². The number of methoxy groups -OCH3 is 1. The Morgan fingerprint density at radius 2 is 1.76 bits per heavy atom. The van der Waals surface area contributed by atoms with E-state index in [-0.39, 0.29) is 0 Å². The van der Waals surface area contributed by atoms with Crippen molar-refractivity contribution >= 4 is 11.0 Å². The second-order valence-corrected chi connectivity index (χ2v) is 5.05. The van der Waals surface area contributed by atoms with E-state index in [9.17, 15) is 0 Å². The van der Waals surface area contributed by atoms with Crippen molar-refractivity contribution in [2.45, 2.75) is 20.0 Å². The Morgan fingerprint density at radius 3 is 2.62 bits per heavy atom. The molecule has 1 N–H and O–H groups in total. The first kappa shape index (κ1) is 13.7. The standard InChI is InChI=1S/C18H19NO2/c1-13-16(15-8-4-6-10-18(15)21-13)12-19-11-14-7-3-5-9-17(14)20-2/h3-10,19H,11-12H2,1-2H3. The highest BCUT2D eigenvalue weighted by atomic mass is 16.5. The highest BCUT2D eigenvalue weighted by molar-refractivity contribution is 5.82. The molecule has 3 nitrogen and oxygen atoms in total. The van der Waals surface area contributed by atoms with E-state index >= 15 is 0 Å². The van der Waals surface area contributed by atoms with Crippen molar-refractivity contribution in [3.63, 3.8) is 0 Å². The van der Waals surface area contributed by atoms with E-state index < -0.39 is 0 Å². The summed E-state index contributed by atoms with van der Waals surface area (Å²) in [5.74, 6) is 1.89. The van der Waals surface area contributed by atoms with Gasteiger partial charge in [0.15, 0.2) is 0 Å². The lowest BCUT2D eigenvalue weighted by Gasteiger charge is -2.09. The summed E-state index contributed by atoms with van der Waals surface area (Å²) in [7, 11) is 1.70. The zero-order valence-electron chi connectivity index (χ0n) is 12.3. The van der Waals surface area contributed by atoms with Gasteiger partial charge in [0.05, 0.1) is 7.11 Å². The summed E-state index contributed by atoms with van der Waals surface area (Å²) < 4.78 is 11.2. The van der Waals surface area contributed by atoms with Gasteiger partial charge in [-0.25, -0.2) is 0 Å². The molecule has 0 saturated heterocycles. The molecule has 1 heterocycles. The normalized spacial score (nSPS) is 11.0. The number of benzene rings is 2. The summed E-state index contributed by atoms with van der Waals surface area (Å²) in [6, 6.07) is 16.2. The average molecular weight is 281 g/mol. The molecule has 0 atom stereocenters. The summed E-state index contributed by atoms with van der Waals surface area (Å²) in [6.07, 6.45) is 0. The molecule has 21 heavy (non-hydrogen) atoms.